The lowest BCUT2D eigenvalue weighted by atomic mass is 10.2. The van der Waals surface area contributed by atoms with E-state index < -0.39 is 17.5 Å². The maximum absolute atomic E-state index is 13.3. The summed E-state index contributed by atoms with van der Waals surface area (Å²) in [5.74, 6) is -0.208. The van der Waals surface area contributed by atoms with E-state index in [4.69, 9.17) is 15.2 Å². The molecule has 0 bridgehead atoms. The Morgan fingerprint density at radius 3 is 2.67 bits per heavy atom. The van der Waals surface area contributed by atoms with Crippen molar-refractivity contribution in [3.05, 3.63) is 36.3 Å². The summed E-state index contributed by atoms with van der Waals surface area (Å²) >= 11 is 0. The van der Waals surface area contributed by atoms with Gasteiger partial charge in [-0.05, 0) is 32.9 Å². The molecule has 0 radical (unpaired) electrons. The summed E-state index contributed by atoms with van der Waals surface area (Å²) in [6, 6.07) is 5.50. The van der Waals surface area contributed by atoms with Crippen LogP contribution >= 0.6 is 0 Å². The summed E-state index contributed by atoms with van der Waals surface area (Å²) in [6.07, 6.45) is 0.776. The van der Waals surface area contributed by atoms with Crippen LogP contribution in [-0.4, -0.2) is 21.5 Å². The molecule has 6 nitrogen and oxygen atoms in total. The highest BCUT2D eigenvalue weighted by Gasteiger charge is 2.18. The Bertz CT molecular complexity index is 662. The lowest BCUT2D eigenvalue weighted by Gasteiger charge is -2.18. The standard InChI is InChI=1S/C14H16FN3O3/c1-14(2,3)21-13(19)18-7-6-12(17-18)20-9-4-5-11(16)10(15)8-9/h4-8H,16H2,1-3H3. The minimum Gasteiger partial charge on any atom is -0.442 e. The Kier molecular flexibility index (Phi) is 3.84. The Morgan fingerprint density at radius 2 is 2.05 bits per heavy atom. The summed E-state index contributed by atoms with van der Waals surface area (Å²) in [6.45, 7) is 5.26. The number of nitrogens with two attached hydrogens (primary N) is 1. The van der Waals surface area contributed by atoms with Gasteiger partial charge in [0.1, 0.15) is 17.2 Å². The predicted molar refractivity (Wildman–Crippen MR) is 74.7 cm³/mol. The monoisotopic (exact) mass is 293 g/mol. The van der Waals surface area contributed by atoms with Crippen molar-refractivity contribution in [1.29, 1.82) is 0 Å². The zero-order valence-electron chi connectivity index (χ0n) is 12.0. The van der Waals surface area contributed by atoms with E-state index in [-0.39, 0.29) is 17.3 Å². The summed E-state index contributed by atoms with van der Waals surface area (Å²) < 4.78 is 24.8. The smallest absolute Gasteiger partial charge is 0.435 e. The van der Waals surface area contributed by atoms with E-state index in [0.717, 1.165) is 10.7 Å². The number of benzene rings is 1. The van der Waals surface area contributed by atoms with Crippen LogP contribution in [0.15, 0.2) is 30.5 Å². The highest BCUT2D eigenvalue weighted by Crippen LogP contribution is 2.23. The zero-order valence-corrected chi connectivity index (χ0v) is 12.0. The number of ether oxygens (including phenoxy) is 2. The molecule has 7 heteroatoms. The summed E-state index contributed by atoms with van der Waals surface area (Å²) in [7, 11) is 0. The van der Waals surface area contributed by atoms with E-state index in [1.165, 1.54) is 24.4 Å². The number of anilines is 1. The van der Waals surface area contributed by atoms with Crippen molar-refractivity contribution < 1.29 is 18.7 Å². The van der Waals surface area contributed by atoms with Crippen molar-refractivity contribution >= 4 is 11.8 Å². The SMILES string of the molecule is CC(C)(C)OC(=O)n1ccc(Oc2ccc(N)c(F)c2)n1. The molecule has 1 heterocycles. The third kappa shape index (κ3) is 3.95. The first kappa shape index (κ1) is 14.8. The van der Waals surface area contributed by atoms with E-state index in [2.05, 4.69) is 5.10 Å². The van der Waals surface area contributed by atoms with E-state index in [1.807, 2.05) is 0 Å². The fourth-order valence-electron chi connectivity index (χ4n) is 1.46. The van der Waals surface area contributed by atoms with Crippen LogP contribution in [0, 0.1) is 5.82 Å². The molecular formula is C14H16FN3O3. The second kappa shape index (κ2) is 5.43. The van der Waals surface area contributed by atoms with Gasteiger partial charge in [0.15, 0.2) is 0 Å². The number of hydrogen-bond donors (Lipinski definition) is 1. The second-order valence-electron chi connectivity index (χ2n) is 5.36. The van der Waals surface area contributed by atoms with Gasteiger partial charge in [-0.3, -0.25) is 0 Å². The average molecular weight is 293 g/mol. The number of rotatable bonds is 2. The lowest BCUT2D eigenvalue weighted by Crippen LogP contribution is -2.27. The molecule has 21 heavy (non-hydrogen) atoms. The molecule has 0 atom stereocenters. The van der Waals surface area contributed by atoms with Gasteiger partial charge in [0.05, 0.1) is 5.69 Å². The van der Waals surface area contributed by atoms with Gasteiger partial charge in [-0.25, -0.2) is 9.18 Å². The van der Waals surface area contributed by atoms with Crippen LogP contribution < -0.4 is 10.5 Å². The molecular weight excluding hydrogens is 277 g/mol. The van der Waals surface area contributed by atoms with Crippen LogP contribution in [0.1, 0.15) is 20.8 Å². The third-order valence-electron chi connectivity index (χ3n) is 2.34. The average Bonchev–Trinajstić information content (AvgIpc) is 2.80. The van der Waals surface area contributed by atoms with Crippen LogP contribution in [0.5, 0.6) is 11.6 Å². The number of hydrogen-bond acceptors (Lipinski definition) is 5. The van der Waals surface area contributed by atoms with Gasteiger partial charge in [-0.2, -0.15) is 4.68 Å². The number of aromatic nitrogens is 2. The molecule has 0 aliphatic heterocycles. The number of nitrogen functional groups attached to an aromatic ring is 1. The van der Waals surface area contributed by atoms with Crippen molar-refractivity contribution in [3.8, 4) is 11.6 Å². The maximum Gasteiger partial charge on any atom is 0.435 e. The van der Waals surface area contributed by atoms with Gasteiger partial charge in [0.25, 0.3) is 0 Å². The number of halogens is 1. The molecule has 1 aromatic carbocycles. The molecule has 0 aliphatic carbocycles. The highest BCUT2D eigenvalue weighted by atomic mass is 19.1. The molecule has 0 spiro atoms. The molecule has 2 aromatic rings. The summed E-state index contributed by atoms with van der Waals surface area (Å²) in [5, 5.41) is 3.91. The molecule has 2 rings (SSSR count). The molecule has 0 aliphatic rings. The van der Waals surface area contributed by atoms with Gasteiger partial charge in [0.2, 0.25) is 5.88 Å². The topological polar surface area (TPSA) is 79.4 Å². The highest BCUT2D eigenvalue weighted by molar-refractivity contribution is 5.69. The van der Waals surface area contributed by atoms with Gasteiger partial charge in [-0.15, -0.1) is 5.10 Å². The van der Waals surface area contributed by atoms with Crippen LogP contribution in [0.4, 0.5) is 14.9 Å². The molecule has 0 fully saturated rings. The summed E-state index contributed by atoms with van der Waals surface area (Å²) in [4.78, 5) is 11.8. The van der Waals surface area contributed by atoms with Crippen molar-refractivity contribution in [2.75, 3.05) is 5.73 Å². The third-order valence-corrected chi connectivity index (χ3v) is 2.34. The first-order valence-corrected chi connectivity index (χ1v) is 6.26. The molecule has 0 unspecified atom stereocenters. The largest absolute Gasteiger partial charge is 0.442 e. The summed E-state index contributed by atoms with van der Waals surface area (Å²) in [5.41, 5.74) is 4.78. The van der Waals surface area contributed by atoms with E-state index >= 15 is 0 Å². The molecule has 0 saturated carbocycles. The first-order chi connectivity index (χ1) is 9.74. The minimum atomic E-state index is -0.624. The Morgan fingerprint density at radius 1 is 1.33 bits per heavy atom. The van der Waals surface area contributed by atoms with E-state index in [1.54, 1.807) is 20.8 Å². The fourth-order valence-corrected chi connectivity index (χ4v) is 1.46. The second-order valence-corrected chi connectivity index (χ2v) is 5.36. The van der Waals surface area contributed by atoms with Gasteiger partial charge in [-0.1, -0.05) is 0 Å². The predicted octanol–water partition coefficient (Wildman–Crippen LogP) is 3.18. The van der Waals surface area contributed by atoms with Crippen LogP contribution in [-0.2, 0) is 4.74 Å². The van der Waals surface area contributed by atoms with Crippen molar-refractivity contribution in [2.24, 2.45) is 0 Å². The Balaban J connectivity index is 2.09. The normalized spacial score (nSPS) is 11.2. The lowest BCUT2D eigenvalue weighted by molar-refractivity contribution is 0.0512. The number of carbonyl (C=O) groups excluding carboxylic acids is 1. The van der Waals surface area contributed by atoms with E-state index in [9.17, 15) is 9.18 Å². The molecule has 1 aromatic heterocycles. The number of carbonyl (C=O) groups is 1. The van der Waals surface area contributed by atoms with Crippen molar-refractivity contribution in [2.45, 2.75) is 26.4 Å². The van der Waals surface area contributed by atoms with E-state index in [0.29, 0.717) is 0 Å². The van der Waals surface area contributed by atoms with Crippen molar-refractivity contribution in [3.63, 3.8) is 0 Å². The Labute approximate surface area is 121 Å². The molecule has 0 saturated heterocycles. The quantitative estimate of drug-likeness (QED) is 0.860. The molecule has 2 N–H and O–H groups in total. The van der Waals surface area contributed by atoms with Crippen LogP contribution in [0.25, 0.3) is 0 Å². The zero-order chi connectivity index (χ0) is 15.6. The fraction of sp³-hybridized carbons (Fsp3) is 0.286. The van der Waals surface area contributed by atoms with Gasteiger partial charge >= 0.3 is 6.09 Å². The maximum atomic E-state index is 13.3. The molecule has 112 valence electrons. The Hall–Kier alpha value is -2.57. The minimum absolute atomic E-state index is 0.0293. The van der Waals surface area contributed by atoms with Crippen molar-refractivity contribution in [1.82, 2.24) is 9.78 Å². The van der Waals surface area contributed by atoms with Gasteiger partial charge < -0.3 is 15.2 Å². The van der Waals surface area contributed by atoms with Crippen LogP contribution in [0.3, 0.4) is 0 Å². The first-order valence-electron chi connectivity index (χ1n) is 6.26. The molecule has 0 amide bonds. The number of nitrogens with zero attached hydrogens (tertiary/aromatic N) is 2. The van der Waals surface area contributed by atoms with Gasteiger partial charge in [0, 0.05) is 18.3 Å². The van der Waals surface area contributed by atoms with Crippen LogP contribution in [0.2, 0.25) is 0 Å².